The van der Waals surface area contributed by atoms with Gasteiger partial charge in [0, 0.05) is 22.7 Å². The first-order chi connectivity index (χ1) is 37.0. The largest absolute Gasteiger partial charge is 0.291 e. The van der Waals surface area contributed by atoms with Gasteiger partial charge in [-0.15, -0.1) is 0 Å². The summed E-state index contributed by atoms with van der Waals surface area (Å²) in [6.45, 7) is 71.1. The number of hydrogen-bond acceptors (Lipinski definition) is 4. The number of fused-ring (bicyclic) bond motifs is 2. The maximum atomic E-state index is 2.69. The molecule has 4 nitrogen and oxygen atoms in total. The minimum absolute atomic E-state index is 0.130. The van der Waals surface area contributed by atoms with Crippen LogP contribution < -0.4 is 19.6 Å². The maximum Gasteiger partial charge on any atom is 0.166 e. The van der Waals surface area contributed by atoms with Gasteiger partial charge in [0.1, 0.15) is 0 Å². The molecule has 0 saturated carbocycles. The van der Waals surface area contributed by atoms with Crippen molar-refractivity contribution in [2.75, 3.05) is 19.6 Å². The van der Waals surface area contributed by atoms with Crippen molar-refractivity contribution in [2.45, 2.75) is 262 Å². The van der Waals surface area contributed by atoms with E-state index in [1.807, 2.05) is 0 Å². The lowest BCUT2D eigenvalue weighted by Gasteiger charge is -2.37. The Balaban J connectivity index is 1.76. The second kappa shape index (κ2) is 19.9. The van der Waals surface area contributed by atoms with Crippen molar-refractivity contribution in [2.24, 2.45) is 0 Å². The van der Waals surface area contributed by atoms with Crippen LogP contribution in [0.4, 0.5) is 45.5 Å². The molecule has 0 bridgehead atoms. The molecule has 0 atom stereocenters. The first kappa shape index (κ1) is 62.3. The molecule has 0 amide bonds. The SMILES string of the molecule is CC(C)(C)c1cc(N2/C(=C3/N(c4cc(C(C)(C)C)cc(C(C)(C)C)c4)c4ccc(C(C)(C)C)cc4N3c3cc(C(C)(C)C)cc(C(C)(C)C)c3)N(c3cc(C(C)(C)C)cc(C(C)(C)C)c3)c3cc(C(C)(C)C)ccc32)cc(C(C)(C)C)c1. The highest BCUT2D eigenvalue weighted by Crippen LogP contribution is 2.60. The zero-order valence-electron chi connectivity index (χ0n) is 57.2. The summed E-state index contributed by atoms with van der Waals surface area (Å²) in [5, 5.41) is 0. The number of hydrogen-bond donors (Lipinski definition) is 0. The van der Waals surface area contributed by atoms with Gasteiger partial charge in [-0.05, 0) is 183 Å². The smallest absolute Gasteiger partial charge is 0.166 e. The van der Waals surface area contributed by atoms with Crippen molar-refractivity contribution in [3.63, 3.8) is 0 Å². The van der Waals surface area contributed by atoms with E-state index in [4.69, 9.17) is 0 Å². The van der Waals surface area contributed by atoms with Gasteiger partial charge in [-0.25, -0.2) is 0 Å². The second-order valence-corrected chi connectivity index (χ2v) is 35.0. The molecule has 0 saturated heterocycles. The van der Waals surface area contributed by atoms with E-state index in [0.717, 1.165) is 45.8 Å². The van der Waals surface area contributed by atoms with Crippen molar-refractivity contribution >= 4 is 45.5 Å². The summed E-state index contributed by atoms with van der Waals surface area (Å²) in [7, 11) is 0. The molecule has 82 heavy (non-hydrogen) atoms. The lowest BCUT2D eigenvalue weighted by molar-refractivity contribution is 0.567. The highest BCUT2D eigenvalue weighted by atomic mass is 15.5. The Bertz CT molecular complexity index is 3090. The summed E-state index contributed by atoms with van der Waals surface area (Å²) in [5.41, 5.74) is 21.0. The Kier molecular flexibility index (Phi) is 15.2. The fraction of sp³-hybridized carbons (Fsp3) is 0.513. The number of nitrogens with zero attached hydrogens (tertiary/aromatic N) is 4. The molecule has 0 spiro atoms. The van der Waals surface area contributed by atoms with Crippen molar-refractivity contribution in [1.82, 2.24) is 0 Å². The summed E-state index contributed by atoms with van der Waals surface area (Å²) >= 11 is 0. The number of anilines is 8. The van der Waals surface area contributed by atoms with E-state index < -0.39 is 0 Å². The zero-order chi connectivity index (χ0) is 61.6. The van der Waals surface area contributed by atoms with Crippen LogP contribution in [0, 0.1) is 0 Å². The van der Waals surface area contributed by atoms with Gasteiger partial charge in [0.05, 0.1) is 22.7 Å². The van der Waals surface area contributed by atoms with Crippen LogP contribution in [0.5, 0.6) is 0 Å². The molecule has 0 fully saturated rings. The average Bonchev–Trinajstić information content (AvgIpc) is 1.79. The van der Waals surface area contributed by atoms with Crippen LogP contribution in [0.3, 0.4) is 0 Å². The van der Waals surface area contributed by atoms with Crippen LogP contribution in [0.1, 0.15) is 263 Å². The first-order valence-electron chi connectivity index (χ1n) is 30.8. The fourth-order valence-corrected chi connectivity index (χ4v) is 11.2. The highest BCUT2D eigenvalue weighted by Gasteiger charge is 2.47. The molecule has 6 aromatic rings. The van der Waals surface area contributed by atoms with Gasteiger partial charge in [0.25, 0.3) is 0 Å². The standard InChI is InChI=1S/C78H108N4/c1-69(2,3)49-31-33-63-65(47-49)81(61-43-55(75(19,20)21)37-56(44-61)76(22,23)24)67(79(63)59-39-51(71(7,8)9)35-52(40-59)72(10,11)12)68-80(60-41-53(73(13,14)15)36-54(42-60)74(16,17)18)64-34-32-50(70(4,5)6)48-66(64)82(68)62-45-57(77(25,26)27)38-58(46-62)78(28,29)30/h31-48H,1-30H3/b68-67+. The highest BCUT2D eigenvalue weighted by molar-refractivity contribution is 6.01. The third kappa shape index (κ3) is 12.3. The van der Waals surface area contributed by atoms with Gasteiger partial charge in [-0.3, -0.25) is 19.6 Å². The van der Waals surface area contributed by atoms with Gasteiger partial charge in [-0.1, -0.05) is 244 Å². The van der Waals surface area contributed by atoms with E-state index in [9.17, 15) is 0 Å². The van der Waals surface area contributed by atoms with E-state index in [1.165, 1.54) is 67.0 Å². The van der Waals surface area contributed by atoms with E-state index in [-0.39, 0.29) is 54.1 Å². The Labute approximate surface area is 500 Å². The maximum absolute atomic E-state index is 2.69. The third-order valence-electron chi connectivity index (χ3n) is 17.3. The molecule has 0 N–H and O–H groups in total. The monoisotopic (exact) mass is 1100 g/mol. The second-order valence-electron chi connectivity index (χ2n) is 35.0. The number of benzene rings is 6. The Hall–Kier alpha value is -5.74. The summed E-state index contributed by atoms with van der Waals surface area (Å²) < 4.78 is 0. The molecule has 0 aromatic heterocycles. The van der Waals surface area contributed by atoms with Crippen LogP contribution in [-0.2, 0) is 54.1 Å². The van der Waals surface area contributed by atoms with Crippen molar-refractivity contribution in [3.05, 3.63) is 176 Å². The molecule has 8 rings (SSSR count). The molecule has 2 aliphatic rings. The summed E-state index contributed by atoms with van der Waals surface area (Å²) in [6.07, 6.45) is 0. The Morgan fingerprint density at radius 1 is 0.171 bits per heavy atom. The number of rotatable bonds is 4. The van der Waals surface area contributed by atoms with Gasteiger partial charge >= 0.3 is 0 Å². The van der Waals surface area contributed by atoms with Gasteiger partial charge in [0.2, 0.25) is 0 Å². The lowest BCUT2D eigenvalue weighted by atomic mass is 9.80. The quantitative estimate of drug-likeness (QED) is 0.174. The first-order valence-corrected chi connectivity index (χ1v) is 30.8. The van der Waals surface area contributed by atoms with Crippen molar-refractivity contribution in [1.29, 1.82) is 0 Å². The zero-order valence-corrected chi connectivity index (χ0v) is 57.2. The summed E-state index contributed by atoms with van der Waals surface area (Å²) in [6, 6.07) is 44.8. The van der Waals surface area contributed by atoms with Gasteiger partial charge < -0.3 is 0 Å². The molecule has 440 valence electrons. The summed E-state index contributed by atoms with van der Waals surface area (Å²) in [4.78, 5) is 10.7. The molecule has 0 aliphatic carbocycles. The van der Waals surface area contributed by atoms with Crippen molar-refractivity contribution in [3.8, 4) is 0 Å². The average molecular weight is 1100 g/mol. The Morgan fingerprint density at radius 3 is 0.488 bits per heavy atom. The van der Waals surface area contributed by atoms with Crippen LogP contribution in [-0.4, -0.2) is 0 Å². The molecular weight excluding hydrogens is 993 g/mol. The van der Waals surface area contributed by atoms with Gasteiger partial charge in [0.15, 0.2) is 11.6 Å². The van der Waals surface area contributed by atoms with Crippen LogP contribution in [0.2, 0.25) is 0 Å². The van der Waals surface area contributed by atoms with E-state index in [2.05, 4.69) is 337 Å². The molecule has 2 aliphatic heterocycles. The predicted octanol–water partition coefficient (Wildman–Crippen LogP) is 23.1. The van der Waals surface area contributed by atoms with Crippen LogP contribution in [0.25, 0.3) is 0 Å². The lowest BCUT2D eigenvalue weighted by Crippen LogP contribution is -2.34. The van der Waals surface area contributed by atoms with Crippen LogP contribution in [0.15, 0.2) is 121 Å². The minimum Gasteiger partial charge on any atom is -0.291 e. The molecule has 0 unspecified atom stereocenters. The topological polar surface area (TPSA) is 13.0 Å². The van der Waals surface area contributed by atoms with Gasteiger partial charge in [-0.2, -0.15) is 0 Å². The van der Waals surface area contributed by atoms with E-state index >= 15 is 0 Å². The summed E-state index contributed by atoms with van der Waals surface area (Å²) in [5.74, 6) is 2.17. The predicted molar refractivity (Wildman–Crippen MR) is 361 cm³/mol. The normalized spacial score (nSPS) is 16.2. The van der Waals surface area contributed by atoms with E-state index in [0.29, 0.717) is 0 Å². The van der Waals surface area contributed by atoms with Crippen molar-refractivity contribution < 1.29 is 0 Å². The molecule has 6 aromatic carbocycles. The van der Waals surface area contributed by atoms with E-state index in [1.54, 1.807) is 0 Å². The fourth-order valence-electron chi connectivity index (χ4n) is 11.2. The molecular formula is C78H108N4. The molecule has 4 heteroatoms. The molecule has 2 heterocycles. The third-order valence-corrected chi connectivity index (χ3v) is 17.3. The minimum atomic E-state index is -0.139. The van der Waals surface area contributed by atoms with Crippen LogP contribution >= 0.6 is 0 Å². The molecule has 0 radical (unpaired) electrons. The Morgan fingerprint density at radius 2 is 0.329 bits per heavy atom.